The molecule has 3 aromatic rings. The summed E-state index contributed by atoms with van der Waals surface area (Å²) >= 11 is 0. The molecular formula is C26H29NO6. The molecule has 7 nitrogen and oxygen atoms in total. The number of hydrogen-bond donors (Lipinski definition) is 1. The van der Waals surface area contributed by atoms with Gasteiger partial charge in [-0.1, -0.05) is 26.0 Å². The summed E-state index contributed by atoms with van der Waals surface area (Å²) in [5, 5.41) is 0. The Bertz CT molecular complexity index is 1090. The largest absolute Gasteiger partial charge is 0.493 e. The molecule has 2 aromatic carbocycles. The van der Waals surface area contributed by atoms with Crippen molar-refractivity contribution in [2.75, 3.05) is 27.9 Å². The third-order valence-corrected chi connectivity index (χ3v) is 5.10. The Morgan fingerprint density at radius 1 is 0.939 bits per heavy atom. The normalized spacial score (nSPS) is 10.7. The summed E-state index contributed by atoms with van der Waals surface area (Å²) in [6.07, 6.45) is 1.80. The van der Waals surface area contributed by atoms with E-state index in [2.05, 4.69) is 4.98 Å². The van der Waals surface area contributed by atoms with Gasteiger partial charge in [-0.15, -0.1) is 0 Å². The Hall–Kier alpha value is -3.74. The number of aromatic amines is 1. The molecule has 0 spiro atoms. The summed E-state index contributed by atoms with van der Waals surface area (Å²) in [4.78, 5) is 29.2. The Balaban J connectivity index is 2.05. The van der Waals surface area contributed by atoms with Crippen LogP contribution in [0.1, 0.15) is 35.3 Å². The van der Waals surface area contributed by atoms with Crippen molar-refractivity contribution >= 4 is 11.8 Å². The van der Waals surface area contributed by atoms with Crippen LogP contribution >= 0.6 is 0 Å². The minimum atomic E-state index is -0.379. The molecular weight excluding hydrogens is 422 g/mol. The van der Waals surface area contributed by atoms with Crippen molar-refractivity contribution in [3.8, 4) is 28.5 Å². The van der Waals surface area contributed by atoms with Crippen molar-refractivity contribution in [2.45, 2.75) is 20.3 Å². The standard InChI is InChI=1S/C26H29NO6/c1-16(2)15-33-24(28)14-17-8-9-18(21-7-6-10-27-21)11-20(17)25(29)19-12-22(30-3)26(32-5)23(13-19)31-4/h6-13,16,27H,14-15H2,1-5H3. The molecule has 1 heterocycles. The third-order valence-electron chi connectivity index (χ3n) is 5.10. The summed E-state index contributed by atoms with van der Waals surface area (Å²) in [5.41, 5.74) is 3.03. The zero-order valence-corrected chi connectivity index (χ0v) is 19.6. The van der Waals surface area contributed by atoms with Crippen LogP contribution in [-0.4, -0.2) is 44.7 Å². The summed E-state index contributed by atoms with van der Waals surface area (Å²) in [6, 6.07) is 12.5. The van der Waals surface area contributed by atoms with Crippen LogP contribution in [0.2, 0.25) is 0 Å². The van der Waals surface area contributed by atoms with Gasteiger partial charge < -0.3 is 23.9 Å². The predicted molar refractivity (Wildman–Crippen MR) is 125 cm³/mol. The first kappa shape index (κ1) is 23.9. The Labute approximate surface area is 193 Å². The smallest absolute Gasteiger partial charge is 0.310 e. The van der Waals surface area contributed by atoms with Crippen LogP contribution in [0.25, 0.3) is 11.3 Å². The van der Waals surface area contributed by atoms with Crippen molar-refractivity contribution in [1.82, 2.24) is 4.98 Å². The molecule has 0 amide bonds. The Morgan fingerprint density at radius 3 is 2.18 bits per heavy atom. The predicted octanol–water partition coefficient (Wildman–Crippen LogP) is 4.68. The monoisotopic (exact) mass is 451 g/mol. The molecule has 0 fully saturated rings. The molecule has 0 aliphatic heterocycles. The first-order valence-electron chi connectivity index (χ1n) is 10.6. The molecule has 33 heavy (non-hydrogen) atoms. The fraction of sp³-hybridized carbons (Fsp3) is 0.308. The fourth-order valence-electron chi connectivity index (χ4n) is 3.45. The van der Waals surface area contributed by atoms with E-state index in [0.717, 1.165) is 11.3 Å². The van der Waals surface area contributed by atoms with E-state index in [-0.39, 0.29) is 24.1 Å². The van der Waals surface area contributed by atoms with Crippen molar-refractivity contribution in [3.05, 3.63) is 65.4 Å². The van der Waals surface area contributed by atoms with Gasteiger partial charge in [0, 0.05) is 23.0 Å². The highest BCUT2D eigenvalue weighted by molar-refractivity contribution is 6.11. The van der Waals surface area contributed by atoms with Gasteiger partial charge in [-0.3, -0.25) is 9.59 Å². The Kier molecular flexibility index (Phi) is 7.77. The van der Waals surface area contributed by atoms with Crippen LogP contribution in [0.15, 0.2) is 48.7 Å². The second-order valence-electron chi connectivity index (χ2n) is 7.95. The average Bonchev–Trinajstić information content (AvgIpc) is 3.36. The number of methoxy groups -OCH3 is 3. The lowest BCUT2D eigenvalue weighted by molar-refractivity contribution is -0.143. The molecule has 0 saturated heterocycles. The van der Waals surface area contributed by atoms with Crippen molar-refractivity contribution in [1.29, 1.82) is 0 Å². The van der Waals surface area contributed by atoms with Gasteiger partial charge in [-0.2, -0.15) is 0 Å². The first-order valence-corrected chi connectivity index (χ1v) is 10.6. The zero-order valence-electron chi connectivity index (χ0n) is 19.6. The van der Waals surface area contributed by atoms with E-state index < -0.39 is 0 Å². The van der Waals surface area contributed by atoms with Gasteiger partial charge in [-0.25, -0.2) is 0 Å². The second-order valence-corrected chi connectivity index (χ2v) is 7.95. The molecule has 0 radical (unpaired) electrons. The van der Waals surface area contributed by atoms with Crippen molar-refractivity contribution < 1.29 is 28.5 Å². The number of nitrogens with one attached hydrogen (secondary N) is 1. The lowest BCUT2D eigenvalue weighted by Gasteiger charge is -2.15. The number of carbonyl (C=O) groups is 2. The highest BCUT2D eigenvalue weighted by atomic mass is 16.5. The summed E-state index contributed by atoms with van der Waals surface area (Å²) in [5.74, 6) is 0.723. The average molecular weight is 452 g/mol. The molecule has 1 N–H and O–H groups in total. The van der Waals surface area contributed by atoms with Crippen LogP contribution in [-0.2, 0) is 16.0 Å². The van der Waals surface area contributed by atoms with E-state index in [4.69, 9.17) is 18.9 Å². The number of H-pyrrole nitrogens is 1. The zero-order chi connectivity index (χ0) is 24.0. The van der Waals surface area contributed by atoms with Gasteiger partial charge in [0.1, 0.15) is 0 Å². The molecule has 3 rings (SSSR count). The van der Waals surface area contributed by atoms with E-state index in [0.29, 0.717) is 40.5 Å². The van der Waals surface area contributed by atoms with Crippen LogP contribution in [0.3, 0.4) is 0 Å². The molecule has 7 heteroatoms. The van der Waals surface area contributed by atoms with Crippen LogP contribution < -0.4 is 14.2 Å². The van der Waals surface area contributed by atoms with E-state index in [1.165, 1.54) is 21.3 Å². The van der Waals surface area contributed by atoms with Crippen LogP contribution in [0, 0.1) is 5.92 Å². The number of rotatable bonds is 10. The third kappa shape index (κ3) is 5.55. The molecule has 0 bridgehead atoms. The molecule has 0 saturated carbocycles. The van der Waals surface area contributed by atoms with E-state index in [1.807, 2.05) is 38.2 Å². The Morgan fingerprint density at radius 2 is 1.64 bits per heavy atom. The molecule has 0 aliphatic rings. The summed E-state index contributed by atoms with van der Waals surface area (Å²) in [6.45, 7) is 4.27. The van der Waals surface area contributed by atoms with Crippen LogP contribution in [0.5, 0.6) is 17.2 Å². The fourth-order valence-corrected chi connectivity index (χ4v) is 3.45. The second kappa shape index (κ2) is 10.7. The molecule has 1 aromatic heterocycles. The molecule has 0 atom stereocenters. The SMILES string of the molecule is COc1cc(C(=O)c2cc(-c3ccc[nH]3)ccc2CC(=O)OCC(C)C)cc(OC)c1OC. The number of ketones is 1. The van der Waals surface area contributed by atoms with Gasteiger partial charge in [0.05, 0.1) is 34.4 Å². The minimum Gasteiger partial charge on any atom is -0.493 e. The van der Waals surface area contributed by atoms with Gasteiger partial charge in [0.25, 0.3) is 0 Å². The maximum Gasteiger partial charge on any atom is 0.310 e. The van der Waals surface area contributed by atoms with Crippen LogP contribution in [0.4, 0.5) is 0 Å². The number of carbonyl (C=O) groups excluding carboxylic acids is 2. The van der Waals surface area contributed by atoms with E-state index >= 15 is 0 Å². The topological polar surface area (TPSA) is 86.9 Å². The van der Waals surface area contributed by atoms with Gasteiger partial charge in [0.15, 0.2) is 17.3 Å². The van der Waals surface area contributed by atoms with E-state index in [1.54, 1.807) is 24.3 Å². The maximum atomic E-state index is 13.7. The minimum absolute atomic E-state index is 0.0107. The number of esters is 1. The number of ether oxygens (including phenoxy) is 4. The lowest BCUT2D eigenvalue weighted by Crippen LogP contribution is -2.15. The van der Waals surface area contributed by atoms with Gasteiger partial charge in [0.2, 0.25) is 5.75 Å². The summed E-state index contributed by atoms with van der Waals surface area (Å²) in [7, 11) is 4.49. The van der Waals surface area contributed by atoms with Crippen molar-refractivity contribution in [3.63, 3.8) is 0 Å². The molecule has 174 valence electrons. The highest BCUT2D eigenvalue weighted by Crippen LogP contribution is 2.39. The lowest BCUT2D eigenvalue weighted by atomic mass is 9.93. The number of benzene rings is 2. The number of hydrogen-bond acceptors (Lipinski definition) is 6. The summed E-state index contributed by atoms with van der Waals surface area (Å²) < 4.78 is 21.5. The van der Waals surface area contributed by atoms with Gasteiger partial charge >= 0.3 is 5.97 Å². The molecule has 0 unspecified atom stereocenters. The van der Waals surface area contributed by atoms with E-state index in [9.17, 15) is 9.59 Å². The highest BCUT2D eigenvalue weighted by Gasteiger charge is 2.22. The first-order chi connectivity index (χ1) is 15.9. The maximum absolute atomic E-state index is 13.7. The van der Waals surface area contributed by atoms with Crippen molar-refractivity contribution in [2.24, 2.45) is 5.92 Å². The molecule has 0 aliphatic carbocycles. The number of aromatic nitrogens is 1. The van der Waals surface area contributed by atoms with Gasteiger partial charge in [-0.05, 0) is 47.4 Å². The quantitative estimate of drug-likeness (QED) is 0.356.